The van der Waals surface area contributed by atoms with Crippen molar-refractivity contribution < 1.29 is 0 Å². The minimum absolute atomic E-state index is 1.23. The average molecular weight is 167 g/mol. The van der Waals surface area contributed by atoms with Crippen molar-refractivity contribution in [2.75, 3.05) is 13.6 Å². The highest BCUT2D eigenvalue weighted by atomic mass is 15.1. The minimum atomic E-state index is 1.23. The molecule has 0 atom stereocenters. The van der Waals surface area contributed by atoms with Gasteiger partial charge in [-0.15, -0.1) is 0 Å². The van der Waals surface area contributed by atoms with E-state index in [9.17, 15) is 0 Å². The van der Waals surface area contributed by atoms with Crippen molar-refractivity contribution in [1.82, 2.24) is 4.90 Å². The Balaban J connectivity index is 2.24. The van der Waals surface area contributed by atoms with Crippen LogP contribution in [0.25, 0.3) is 0 Å². The Hall–Kier alpha value is -0.460. The molecule has 1 nitrogen and oxygen atoms in total. The molecular formula is C11H21N. The van der Waals surface area contributed by atoms with Gasteiger partial charge in [-0.2, -0.15) is 0 Å². The molecule has 0 aromatic rings. The van der Waals surface area contributed by atoms with E-state index in [0.717, 1.165) is 0 Å². The zero-order valence-electron chi connectivity index (χ0n) is 8.26. The first-order valence-electron chi connectivity index (χ1n) is 5.26. The number of allylic oxidation sites excluding steroid dienone is 1. The second-order valence-corrected chi connectivity index (χ2v) is 3.78. The fourth-order valence-electron chi connectivity index (χ4n) is 1.66. The minimum Gasteiger partial charge on any atom is -0.381 e. The molecule has 0 saturated carbocycles. The van der Waals surface area contributed by atoms with Gasteiger partial charge in [-0.25, -0.2) is 0 Å². The zero-order valence-corrected chi connectivity index (χ0v) is 8.26. The van der Waals surface area contributed by atoms with E-state index in [0.29, 0.717) is 0 Å². The van der Waals surface area contributed by atoms with E-state index >= 15 is 0 Å². The average Bonchev–Trinajstić information content (AvgIpc) is 2.11. The van der Waals surface area contributed by atoms with Crippen LogP contribution in [0.2, 0.25) is 0 Å². The first-order chi connectivity index (χ1) is 5.89. The largest absolute Gasteiger partial charge is 0.381 e. The Morgan fingerprint density at radius 3 is 2.42 bits per heavy atom. The van der Waals surface area contributed by atoms with Crippen LogP contribution in [0.5, 0.6) is 0 Å². The SMILES string of the molecule is CN1/C=C\CCCCCCCC1. The molecule has 0 unspecified atom stereocenters. The lowest BCUT2D eigenvalue weighted by atomic mass is 10.1. The molecule has 0 saturated heterocycles. The van der Waals surface area contributed by atoms with Gasteiger partial charge in [-0.05, 0) is 25.5 Å². The summed E-state index contributed by atoms with van der Waals surface area (Å²) in [7, 11) is 2.17. The molecule has 1 heterocycles. The summed E-state index contributed by atoms with van der Waals surface area (Å²) in [5.41, 5.74) is 0. The number of hydrogen-bond donors (Lipinski definition) is 0. The summed E-state index contributed by atoms with van der Waals surface area (Å²) in [6, 6.07) is 0. The molecule has 0 aromatic heterocycles. The first-order valence-corrected chi connectivity index (χ1v) is 5.26. The second kappa shape index (κ2) is 6.10. The summed E-state index contributed by atoms with van der Waals surface area (Å²) in [5.74, 6) is 0. The summed E-state index contributed by atoms with van der Waals surface area (Å²) < 4.78 is 0. The van der Waals surface area contributed by atoms with Crippen LogP contribution >= 0.6 is 0 Å². The smallest absolute Gasteiger partial charge is 0.0169 e. The van der Waals surface area contributed by atoms with Gasteiger partial charge in [0.15, 0.2) is 0 Å². The quantitative estimate of drug-likeness (QED) is 0.535. The van der Waals surface area contributed by atoms with Crippen molar-refractivity contribution >= 4 is 0 Å². The van der Waals surface area contributed by atoms with Crippen molar-refractivity contribution in [2.24, 2.45) is 0 Å². The van der Waals surface area contributed by atoms with Gasteiger partial charge < -0.3 is 4.90 Å². The Bertz CT molecular complexity index is 129. The van der Waals surface area contributed by atoms with Gasteiger partial charge in [-0.3, -0.25) is 0 Å². The molecule has 1 aliphatic rings. The zero-order chi connectivity index (χ0) is 8.65. The topological polar surface area (TPSA) is 3.24 Å². The van der Waals surface area contributed by atoms with Crippen molar-refractivity contribution in [3.63, 3.8) is 0 Å². The summed E-state index contributed by atoms with van der Waals surface area (Å²) in [6.07, 6.45) is 14.3. The van der Waals surface area contributed by atoms with E-state index in [1.807, 2.05) is 0 Å². The number of hydrogen-bond acceptors (Lipinski definition) is 1. The number of nitrogens with zero attached hydrogens (tertiary/aromatic N) is 1. The standard InChI is InChI=1S/C11H21N/c1-12-10-8-6-4-2-3-5-7-9-11-12/h8,10H,2-7,9,11H2,1H3/b10-8-. The molecule has 0 radical (unpaired) electrons. The lowest BCUT2D eigenvalue weighted by Crippen LogP contribution is -2.11. The Morgan fingerprint density at radius 2 is 1.58 bits per heavy atom. The molecule has 0 amide bonds. The van der Waals surface area contributed by atoms with Gasteiger partial charge in [0.2, 0.25) is 0 Å². The van der Waals surface area contributed by atoms with Crippen LogP contribution in [0.4, 0.5) is 0 Å². The third-order valence-corrected chi connectivity index (χ3v) is 2.49. The highest BCUT2D eigenvalue weighted by Crippen LogP contribution is 2.09. The molecular weight excluding hydrogens is 146 g/mol. The van der Waals surface area contributed by atoms with E-state index < -0.39 is 0 Å². The molecule has 0 fully saturated rings. The highest BCUT2D eigenvalue weighted by Gasteiger charge is 1.95. The van der Waals surface area contributed by atoms with Crippen molar-refractivity contribution in [3.05, 3.63) is 12.3 Å². The van der Waals surface area contributed by atoms with E-state index in [1.165, 1.54) is 51.5 Å². The molecule has 1 aliphatic heterocycles. The Kier molecular flexibility index (Phi) is 4.89. The van der Waals surface area contributed by atoms with Crippen LogP contribution in [0.3, 0.4) is 0 Å². The molecule has 1 heteroatoms. The predicted octanol–water partition coefficient (Wildman–Crippen LogP) is 3.18. The summed E-state index contributed by atoms with van der Waals surface area (Å²) in [5, 5.41) is 0. The monoisotopic (exact) mass is 167 g/mol. The maximum absolute atomic E-state index is 2.31. The van der Waals surface area contributed by atoms with Gasteiger partial charge in [-0.1, -0.05) is 31.8 Å². The molecule has 0 aliphatic carbocycles. The lowest BCUT2D eigenvalue weighted by Gasteiger charge is -2.12. The molecule has 70 valence electrons. The molecule has 0 aromatic carbocycles. The van der Waals surface area contributed by atoms with Crippen LogP contribution in [-0.4, -0.2) is 18.5 Å². The predicted molar refractivity (Wildman–Crippen MR) is 54.1 cm³/mol. The highest BCUT2D eigenvalue weighted by molar-refractivity contribution is 4.80. The normalized spacial score (nSPS) is 24.6. The van der Waals surface area contributed by atoms with Crippen LogP contribution in [0, 0.1) is 0 Å². The summed E-state index contributed by atoms with van der Waals surface area (Å²) in [6.45, 7) is 1.23. The lowest BCUT2D eigenvalue weighted by molar-refractivity contribution is 0.431. The maximum Gasteiger partial charge on any atom is 0.0169 e. The van der Waals surface area contributed by atoms with Crippen LogP contribution in [0.15, 0.2) is 12.3 Å². The third-order valence-electron chi connectivity index (χ3n) is 2.49. The number of rotatable bonds is 0. The van der Waals surface area contributed by atoms with Crippen molar-refractivity contribution in [3.8, 4) is 0 Å². The van der Waals surface area contributed by atoms with E-state index in [2.05, 4.69) is 24.2 Å². The first kappa shape index (κ1) is 9.63. The maximum atomic E-state index is 2.31. The van der Waals surface area contributed by atoms with Gasteiger partial charge in [0, 0.05) is 13.6 Å². The third kappa shape index (κ3) is 4.42. The summed E-state index contributed by atoms with van der Waals surface area (Å²) >= 11 is 0. The van der Waals surface area contributed by atoms with E-state index in [-0.39, 0.29) is 0 Å². The molecule has 0 N–H and O–H groups in total. The fourth-order valence-corrected chi connectivity index (χ4v) is 1.66. The fraction of sp³-hybridized carbons (Fsp3) is 0.818. The van der Waals surface area contributed by atoms with Gasteiger partial charge in [0.25, 0.3) is 0 Å². The van der Waals surface area contributed by atoms with Crippen LogP contribution in [0.1, 0.15) is 44.9 Å². The van der Waals surface area contributed by atoms with E-state index in [4.69, 9.17) is 0 Å². The molecule has 0 bridgehead atoms. The van der Waals surface area contributed by atoms with Crippen molar-refractivity contribution in [2.45, 2.75) is 44.9 Å². The molecule has 0 spiro atoms. The summed E-state index contributed by atoms with van der Waals surface area (Å²) in [4.78, 5) is 2.31. The van der Waals surface area contributed by atoms with Crippen LogP contribution in [-0.2, 0) is 0 Å². The second-order valence-electron chi connectivity index (χ2n) is 3.78. The molecule has 12 heavy (non-hydrogen) atoms. The van der Waals surface area contributed by atoms with Gasteiger partial charge in [0.05, 0.1) is 0 Å². The van der Waals surface area contributed by atoms with Crippen molar-refractivity contribution in [1.29, 1.82) is 0 Å². The van der Waals surface area contributed by atoms with Gasteiger partial charge in [0.1, 0.15) is 0 Å². The molecule has 1 rings (SSSR count). The van der Waals surface area contributed by atoms with Gasteiger partial charge >= 0.3 is 0 Å². The van der Waals surface area contributed by atoms with Crippen LogP contribution < -0.4 is 0 Å². The Labute approximate surface area is 76.5 Å². The van der Waals surface area contributed by atoms with E-state index in [1.54, 1.807) is 0 Å². The Morgan fingerprint density at radius 1 is 0.917 bits per heavy atom.